The minimum Gasteiger partial charge on any atom is -0.458 e. The molecule has 4 aliphatic rings. The smallest absolute Gasteiger partial charge is 0.303 e. The summed E-state index contributed by atoms with van der Waals surface area (Å²) in [6.07, 6.45) is 2.04. The number of hydrogen-bond donors (Lipinski definition) is 1. The number of carbonyl (C=O) groups excluding carboxylic acids is 4. The predicted octanol–water partition coefficient (Wildman–Crippen LogP) is 0.246. The summed E-state index contributed by atoms with van der Waals surface area (Å²) in [7, 11) is -8.50. The first-order valence-electron chi connectivity index (χ1n) is 12.4. The van der Waals surface area contributed by atoms with Crippen LogP contribution in [0.1, 0.15) is 40.0 Å². The summed E-state index contributed by atoms with van der Waals surface area (Å²) in [4.78, 5) is 50.8. The Bertz CT molecular complexity index is 1410. The van der Waals surface area contributed by atoms with Crippen LogP contribution < -0.4 is 0 Å². The lowest BCUT2D eigenvalue weighted by Crippen LogP contribution is -2.66. The van der Waals surface area contributed by atoms with Crippen LogP contribution in [0, 0.1) is 28.6 Å². The predicted molar refractivity (Wildman–Crippen MR) is 134 cm³/mol. The maximum absolute atomic E-state index is 14.0. The van der Waals surface area contributed by atoms with Crippen molar-refractivity contribution in [1.82, 2.24) is 0 Å². The van der Waals surface area contributed by atoms with Gasteiger partial charge in [-0.2, -0.15) is 16.8 Å². The van der Waals surface area contributed by atoms with Crippen molar-refractivity contribution in [3.8, 4) is 0 Å². The number of hydrogen-bond acceptors (Lipinski definition) is 12. The molecule has 0 aromatic carbocycles. The van der Waals surface area contributed by atoms with E-state index < -0.39 is 96.6 Å². The summed E-state index contributed by atoms with van der Waals surface area (Å²) >= 11 is 0. The first-order valence-corrected chi connectivity index (χ1v) is 16.0. The van der Waals surface area contributed by atoms with Crippen molar-refractivity contribution in [3.05, 3.63) is 23.8 Å². The Morgan fingerprint density at radius 2 is 1.69 bits per heavy atom. The number of ketones is 3. The van der Waals surface area contributed by atoms with Gasteiger partial charge >= 0.3 is 5.97 Å². The minimum absolute atomic E-state index is 0.0893. The molecule has 2 unspecified atom stereocenters. The van der Waals surface area contributed by atoms with Gasteiger partial charge in [0.25, 0.3) is 20.2 Å². The van der Waals surface area contributed by atoms with Crippen LogP contribution in [0.5, 0.6) is 0 Å². The van der Waals surface area contributed by atoms with Crippen LogP contribution in [-0.4, -0.2) is 82.2 Å². The number of ether oxygens (including phenoxy) is 1. The van der Waals surface area contributed by atoms with Crippen LogP contribution in [0.4, 0.5) is 0 Å². The highest BCUT2D eigenvalue weighted by atomic mass is 32.2. The molecular weight excluding hydrogens is 556 g/mol. The monoisotopic (exact) mass is 588 g/mol. The van der Waals surface area contributed by atoms with Crippen molar-refractivity contribution in [1.29, 1.82) is 0 Å². The van der Waals surface area contributed by atoms with E-state index in [1.165, 1.54) is 12.2 Å². The van der Waals surface area contributed by atoms with Crippen LogP contribution in [0.3, 0.4) is 0 Å². The molecule has 4 aliphatic carbocycles. The van der Waals surface area contributed by atoms with E-state index in [9.17, 15) is 41.1 Å². The molecule has 0 aromatic rings. The maximum Gasteiger partial charge on any atom is 0.303 e. The molecule has 3 fully saturated rings. The SMILES string of the molecule is CC(=O)OCC(=O)[C@@]1(O)CC[C@H]2[C@@H]3C(OS(C)(=O)=O)C(OS(C)(=O)=O)C4=CC(=O)C=C[C@]4(C)[C@H]3C(=O)C[C@@]21C. The molecule has 0 aromatic heterocycles. The molecule has 0 radical (unpaired) electrons. The molecule has 0 saturated heterocycles. The molecule has 3 saturated carbocycles. The average molecular weight is 589 g/mol. The number of esters is 1. The van der Waals surface area contributed by atoms with Crippen molar-refractivity contribution in [2.75, 3.05) is 19.1 Å². The van der Waals surface area contributed by atoms with E-state index >= 15 is 0 Å². The summed E-state index contributed by atoms with van der Waals surface area (Å²) < 4.78 is 65.3. The van der Waals surface area contributed by atoms with E-state index in [4.69, 9.17) is 13.1 Å². The topological polar surface area (TPSA) is 184 Å². The fourth-order valence-corrected chi connectivity index (χ4v) is 8.58. The van der Waals surface area contributed by atoms with E-state index in [2.05, 4.69) is 0 Å². The van der Waals surface area contributed by atoms with E-state index in [0.717, 1.165) is 25.5 Å². The van der Waals surface area contributed by atoms with E-state index in [-0.39, 0.29) is 24.8 Å². The molecule has 1 N–H and O–H groups in total. The number of fused-ring (bicyclic) bond motifs is 5. The van der Waals surface area contributed by atoms with E-state index in [1.807, 2.05) is 0 Å². The van der Waals surface area contributed by atoms with Gasteiger partial charge in [0.1, 0.15) is 23.6 Å². The fraction of sp³-hybridized carbons (Fsp3) is 0.680. The second-order valence-corrected chi connectivity index (χ2v) is 14.6. The number of rotatable bonds is 7. The first-order chi connectivity index (χ1) is 17.7. The van der Waals surface area contributed by atoms with Gasteiger partial charge in [-0.1, -0.05) is 19.9 Å². The summed E-state index contributed by atoms with van der Waals surface area (Å²) in [5.41, 5.74) is -4.67. The Labute approximate surface area is 227 Å². The molecule has 0 spiro atoms. The van der Waals surface area contributed by atoms with Crippen LogP contribution in [0.15, 0.2) is 23.8 Å². The molecule has 216 valence electrons. The van der Waals surface area contributed by atoms with Gasteiger partial charge in [0.15, 0.2) is 12.4 Å². The van der Waals surface area contributed by atoms with Gasteiger partial charge in [0.2, 0.25) is 5.78 Å². The number of allylic oxidation sites excluding steroid dienone is 3. The molecule has 0 heterocycles. The average Bonchev–Trinajstić information content (AvgIpc) is 3.04. The van der Waals surface area contributed by atoms with Crippen molar-refractivity contribution >= 4 is 43.6 Å². The maximum atomic E-state index is 14.0. The van der Waals surface area contributed by atoms with Crippen LogP contribution in [-0.2, 0) is 52.5 Å². The molecular formula is C25H32O12S2. The normalized spacial score (nSPS) is 39.8. The second kappa shape index (κ2) is 9.40. The summed E-state index contributed by atoms with van der Waals surface area (Å²) in [6, 6.07) is 0. The third-order valence-corrected chi connectivity index (χ3v) is 10.0. The van der Waals surface area contributed by atoms with Crippen LogP contribution in [0.2, 0.25) is 0 Å². The standard InChI is InChI=1S/C25H32O12S2/c1-13(26)35-12-18(29)25(30)9-7-15-19-20(17(28)11-24(15,25)3)23(2)8-6-14(27)10-16(23)21(36-38(4,31)32)22(19)37-39(5,33)34/h6,8,10,15,19-22,30H,7,9,11-12H2,1-5H3/t15-,19-,20-,21?,22?,23-,24-,25-/m0/s1. The fourth-order valence-electron chi connectivity index (χ4n) is 7.36. The van der Waals surface area contributed by atoms with Gasteiger partial charge in [-0.15, -0.1) is 0 Å². The zero-order valence-corrected chi connectivity index (χ0v) is 23.8. The second-order valence-electron chi connectivity index (χ2n) is 11.4. The highest BCUT2D eigenvalue weighted by molar-refractivity contribution is 7.86. The Kier molecular flexibility index (Phi) is 7.16. The largest absolute Gasteiger partial charge is 0.458 e. The number of carbonyl (C=O) groups is 4. The lowest BCUT2D eigenvalue weighted by molar-refractivity contribution is -0.180. The molecule has 0 aliphatic heterocycles. The zero-order chi connectivity index (χ0) is 29.3. The lowest BCUT2D eigenvalue weighted by atomic mass is 9.45. The minimum atomic E-state index is -4.27. The summed E-state index contributed by atoms with van der Waals surface area (Å²) in [5.74, 6) is -5.19. The third kappa shape index (κ3) is 4.94. The van der Waals surface area contributed by atoms with Crippen LogP contribution in [0.25, 0.3) is 0 Å². The van der Waals surface area contributed by atoms with Gasteiger partial charge in [-0.05, 0) is 36.5 Å². The van der Waals surface area contributed by atoms with Gasteiger partial charge in [0, 0.05) is 36.0 Å². The molecule has 0 bridgehead atoms. The van der Waals surface area contributed by atoms with Gasteiger partial charge in [-0.3, -0.25) is 27.5 Å². The third-order valence-electron chi connectivity index (χ3n) is 8.89. The molecule has 8 atom stereocenters. The molecule has 39 heavy (non-hydrogen) atoms. The Morgan fingerprint density at radius 1 is 1.08 bits per heavy atom. The quantitative estimate of drug-likeness (QED) is 0.316. The van der Waals surface area contributed by atoms with Gasteiger partial charge in [-0.25, -0.2) is 0 Å². The van der Waals surface area contributed by atoms with Crippen molar-refractivity contribution in [2.45, 2.75) is 57.8 Å². The van der Waals surface area contributed by atoms with E-state index in [0.29, 0.717) is 0 Å². The summed E-state index contributed by atoms with van der Waals surface area (Å²) in [5, 5.41) is 11.7. The Morgan fingerprint density at radius 3 is 2.26 bits per heavy atom. The number of Topliss-reactive ketones (excluding diaryl/α,β-unsaturated/α-hetero) is 2. The van der Waals surface area contributed by atoms with E-state index in [1.54, 1.807) is 13.8 Å². The van der Waals surface area contributed by atoms with Crippen LogP contribution >= 0.6 is 0 Å². The van der Waals surface area contributed by atoms with Crippen molar-refractivity contribution < 1.29 is 54.2 Å². The highest BCUT2D eigenvalue weighted by Gasteiger charge is 2.72. The van der Waals surface area contributed by atoms with Gasteiger partial charge < -0.3 is 9.84 Å². The van der Waals surface area contributed by atoms with Crippen molar-refractivity contribution in [2.24, 2.45) is 28.6 Å². The first kappa shape index (κ1) is 29.7. The molecule has 14 heteroatoms. The zero-order valence-electron chi connectivity index (χ0n) is 22.2. The van der Waals surface area contributed by atoms with Crippen molar-refractivity contribution in [3.63, 3.8) is 0 Å². The Hall–Kier alpha value is -2.26. The molecule has 4 rings (SSSR count). The van der Waals surface area contributed by atoms with Gasteiger partial charge in [0.05, 0.1) is 12.5 Å². The lowest BCUT2D eigenvalue weighted by Gasteiger charge is -2.59. The highest BCUT2D eigenvalue weighted by Crippen LogP contribution is 2.67. The Balaban J connectivity index is 1.91. The molecule has 0 amide bonds. The molecule has 12 nitrogen and oxygen atoms in total. The number of aliphatic hydroxyl groups is 1. The summed E-state index contributed by atoms with van der Waals surface area (Å²) in [6.45, 7) is 3.58.